The van der Waals surface area contributed by atoms with E-state index in [9.17, 15) is 4.79 Å². The molecule has 1 aliphatic heterocycles. The van der Waals surface area contributed by atoms with Gasteiger partial charge in [-0.05, 0) is 13.8 Å². The normalized spacial score (nSPS) is 29.3. The van der Waals surface area contributed by atoms with Crippen molar-refractivity contribution in [1.29, 1.82) is 0 Å². The molecule has 2 atom stereocenters. The Balaban J connectivity index is 2.08. The average molecular weight is 225 g/mol. The SMILES string of the molecule is Cc1coc(NC(=O)C2(C)COCC2N)n1. The van der Waals surface area contributed by atoms with Crippen molar-refractivity contribution in [2.45, 2.75) is 19.9 Å². The number of aryl methyl sites for hydroxylation is 1. The number of amides is 1. The van der Waals surface area contributed by atoms with E-state index in [1.165, 1.54) is 6.26 Å². The van der Waals surface area contributed by atoms with Crippen molar-refractivity contribution in [2.24, 2.45) is 11.1 Å². The van der Waals surface area contributed by atoms with Crippen molar-refractivity contribution >= 4 is 11.9 Å². The molecule has 2 rings (SSSR count). The molecule has 0 bridgehead atoms. The van der Waals surface area contributed by atoms with Gasteiger partial charge in [0.2, 0.25) is 5.91 Å². The van der Waals surface area contributed by atoms with Crippen LogP contribution in [0.4, 0.5) is 6.01 Å². The molecule has 2 unspecified atom stereocenters. The summed E-state index contributed by atoms with van der Waals surface area (Å²) in [4.78, 5) is 16.0. The largest absolute Gasteiger partial charge is 0.432 e. The van der Waals surface area contributed by atoms with E-state index in [4.69, 9.17) is 14.9 Å². The highest BCUT2D eigenvalue weighted by Gasteiger charge is 2.44. The van der Waals surface area contributed by atoms with Crippen LogP contribution in [0.2, 0.25) is 0 Å². The zero-order valence-corrected chi connectivity index (χ0v) is 9.32. The Hall–Kier alpha value is -1.40. The molecule has 0 aliphatic carbocycles. The van der Waals surface area contributed by atoms with Crippen molar-refractivity contribution in [1.82, 2.24) is 4.98 Å². The monoisotopic (exact) mass is 225 g/mol. The van der Waals surface area contributed by atoms with Crippen LogP contribution in [0.3, 0.4) is 0 Å². The molecule has 1 aromatic heterocycles. The lowest BCUT2D eigenvalue weighted by atomic mass is 9.85. The Morgan fingerprint density at radius 1 is 1.75 bits per heavy atom. The molecule has 0 radical (unpaired) electrons. The first-order chi connectivity index (χ1) is 7.52. The van der Waals surface area contributed by atoms with E-state index in [0.29, 0.717) is 18.9 Å². The Bertz CT molecular complexity index is 404. The summed E-state index contributed by atoms with van der Waals surface area (Å²) in [7, 11) is 0. The van der Waals surface area contributed by atoms with Crippen molar-refractivity contribution in [3.05, 3.63) is 12.0 Å². The maximum atomic E-state index is 12.0. The van der Waals surface area contributed by atoms with E-state index in [-0.39, 0.29) is 18.0 Å². The third-order valence-electron chi connectivity index (χ3n) is 2.88. The minimum absolute atomic E-state index is 0.197. The van der Waals surface area contributed by atoms with Gasteiger partial charge in [0.1, 0.15) is 6.26 Å². The summed E-state index contributed by atoms with van der Waals surface area (Å²) >= 11 is 0. The van der Waals surface area contributed by atoms with Gasteiger partial charge in [-0.25, -0.2) is 0 Å². The highest BCUT2D eigenvalue weighted by atomic mass is 16.5. The maximum Gasteiger partial charge on any atom is 0.301 e. The van der Waals surface area contributed by atoms with Crippen molar-refractivity contribution in [3.63, 3.8) is 0 Å². The molecule has 88 valence electrons. The number of carbonyl (C=O) groups excluding carboxylic acids is 1. The molecule has 1 aliphatic rings. The Kier molecular flexibility index (Phi) is 2.69. The van der Waals surface area contributed by atoms with Gasteiger partial charge < -0.3 is 14.9 Å². The molecule has 1 fully saturated rings. The molecule has 1 saturated heterocycles. The number of carbonyl (C=O) groups is 1. The van der Waals surface area contributed by atoms with E-state index in [1.54, 1.807) is 13.8 Å². The van der Waals surface area contributed by atoms with Crippen molar-refractivity contribution < 1.29 is 13.9 Å². The van der Waals surface area contributed by atoms with Crippen molar-refractivity contribution in [3.8, 4) is 0 Å². The second-order valence-electron chi connectivity index (χ2n) is 4.29. The quantitative estimate of drug-likeness (QED) is 0.754. The molecular weight excluding hydrogens is 210 g/mol. The maximum absolute atomic E-state index is 12.0. The lowest BCUT2D eigenvalue weighted by Gasteiger charge is -2.24. The van der Waals surface area contributed by atoms with Gasteiger partial charge in [-0.1, -0.05) is 0 Å². The summed E-state index contributed by atoms with van der Waals surface area (Å²) < 4.78 is 10.2. The Labute approximate surface area is 93.2 Å². The number of oxazole rings is 1. The minimum atomic E-state index is -0.720. The molecule has 3 N–H and O–H groups in total. The summed E-state index contributed by atoms with van der Waals surface area (Å²) in [6.07, 6.45) is 1.48. The first kappa shape index (κ1) is 11.1. The predicted octanol–water partition coefficient (Wildman–Crippen LogP) is 0.285. The van der Waals surface area contributed by atoms with Gasteiger partial charge in [0.25, 0.3) is 0 Å². The molecule has 6 heteroatoms. The van der Waals surface area contributed by atoms with E-state index >= 15 is 0 Å². The number of nitrogens with two attached hydrogens (primary N) is 1. The molecule has 0 saturated carbocycles. The first-order valence-electron chi connectivity index (χ1n) is 5.09. The number of hydrogen-bond donors (Lipinski definition) is 2. The molecule has 1 aromatic rings. The van der Waals surface area contributed by atoms with Gasteiger partial charge in [0.15, 0.2) is 0 Å². The Morgan fingerprint density at radius 3 is 3.00 bits per heavy atom. The number of hydrogen-bond acceptors (Lipinski definition) is 5. The Morgan fingerprint density at radius 2 is 2.50 bits per heavy atom. The lowest BCUT2D eigenvalue weighted by molar-refractivity contribution is -0.125. The number of aromatic nitrogens is 1. The predicted molar refractivity (Wildman–Crippen MR) is 56.8 cm³/mol. The summed E-state index contributed by atoms with van der Waals surface area (Å²) in [5.74, 6) is -0.223. The zero-order chi connectivity index (χ0) is 11.8. The summed E-state index contributed by atoms with van der Waals surface area (Å²) in [6, 6.07) is -0.105. The fraction of sp³-hybridized carbons (Fsp3) is 0.600. The van der Waals surface area contributed by atoms with Gasteiger partial charge in [-0.3, -0.25) is 10.1 Å². The van der Waals surface area contributed by atoms with Gasteiger partial charge >= 0.3 is 6.01 Å². The van der Waals surface area contributed by atoms with E-state index < -0.39 is 5.41 Å². The number of ether oxygens (including phenoxy) is 1. The molecule has 16 heavy (non-hydrogen) atoms. The molecule has 0 spiro atoms. The third kappa shape index (κ3) is 1.81. The molecule has 0 aromatic carbocycles. The van der Waals surface area contributed by atoms with E-state index in [0.717, 1.165) is 0 Å². The number of nitrogens with one attached hydrogen (secondary N) is 1. The zero-order valence-electron chi connectivity index (χ0n) is 9.32. The first-order valence-corrected chi connectivity index (χ1v) is 5.09. The van der Waals surface area contributed by atoms with E-state index in [2.05, 4.69) is 10.3 Å². The molecule has 1 amide bonds. The van der Waals surface area contributed by atoms with E-state index in [1.807, 2.05) is 0 Å². The number of rotatable bonds is 2. The fourth-order valence-electron chi connectivity index (χ4n) is 1.57. The molecular formula is C10H15N3O3. The van der Waals surface area contributed by atoms with Gasteiger partial charge in [0, 0.05) is 6.04 Å². The summed E-state index contributed by atoms with van der Waals surface area (Å²) in [5.41, 5.74) is 5.83. The lowest BCUT2D eigenvalue weighted by Crippen LogP contribution is -2.47. The molecule has 2 heterocycles. The highest BCUT2D eigenvalue weighted by Crippen LogP contribution is 2.28. The standard InChI is InChI=1S/C10H15N3O3/c1-6-3-16-9(12-6)13-8(14)10(2)5-15-4-7(10)11/h3,7H,4-5,11H2,1-2H3,(H,12,13,14). The van der Waals surface area contributed by atoms with Crippen molar-refractivity contribution in [2.75, 3.05) is 18.5 Å². The summed E-state index contributed by atoms with van der Waals surface area (Å²) in [6.45, 7) is 4.27. The van der Waals surface area contributed by atoms with Gasteiger partial charge in [-0.2, -0.15) is 4.98 Å². The van der Waals surface area contributed by atoms with Gasteiger partial charge in [-0.15, -0.1) is 0 Å². The van der Waals surface area contributed by atoms with Crippen LogP contribution >= 0.6 is 0 Å². The third-order valence-corrected chi connectivity index (χ3v) is 2.88. The van der Waals surface area contributed by atoms with Crippen LogP contribution in [0.15, 0.2) is 10.7 Å². The van der Waals surface area contributed by atoms with Crippen LogP contribution in [0.25, 0.3) is 0 Å². The van der Waals surface area contributed by atoms with Gasteiger partial charge in [0.05, 0.1) is 24.3 Å². The van der Waals surface area contributed by atoms with Crippen LogP contribution in [0.5, 0.6) is 0 Å². The topological polar surface area (TPSA) is 90.4 Å². The van der Waals surface area contributed by atoms with Crippen LogP contribution in [-0.4, -0.2) is 30.1 Å². The fourth-order valence-corrected chi connectivity index (χ4v) is 1.57. The second kappa shape index (κ2) is 3.88. The molecule has 6 nitrogen and oxygen atoms in total. The van der Waals surface area contributed by atoms with Crippen LogP contribution in [-0.2, 0) is 9.53 Å². The average Bonchev–Trinajstić information content (AvgIpc) is 2.76. The van der Waals surface area contributed by atoms with Crippen LogP contribution in [0.1, 0.15) is 12.6 Å². The van der Waals surface area contributed by atoms with Crippen LogP contribution in [0, 0.1) is 12.3 Å². The number of anilines is 1. The number of nitrogens with zero attached hydrogens (tertiary/aromatic N) is 1. The minimum Gasteiger partial charge on any atom is -0.432 e. The summed E-state index contributed by atoms with van der Waals surface area (Å²) in [5, 5.41) is 2.60. The smallest absolute Gasteiger partial charge is 0.301 e. The second-order valence-corrected chi connectivity index (χ2v) is 4.29. The highest BCUT2D eigenvalue weighted by molar-refractivity contribution is 5.94. The van der Waals surface area contributed by atoms with Crippen LogP contribution < -0.4 is 11.1 Å².